The molecular weight excluding hydrogens is 252 g/mol. The molecule has 0 bridgehead atoms. The van der Waals surface area contributed by atoms with Gasteiger partial charge in [0.2, 0.25) is 5.91 Å². The molecule has 2 amide bonds. The van der Waals surface area contributed by atoms with Crippen molar-refractivity contribution in [2.45, 2.75) is 25.3 Å². The predicted molar refractivity (Wildman–Crippen MR) is 64.5 cm³/mol. The lowest BCUT2D eigenvalue weighted by Crippen LogP contribution is -2.47. The minimum absolute atomic E-state index is 0.0396. The summed E-state index contributed by atoms with van der Waals surface area (Å²) in [6.07, 6.45) is 1.09. The summed E-state index contributed by atoms with van der Waals surface area (Å²) in [5.74, 6) is -1.60. The van der Waals surface area contributed by atoms with Gasteiger partial charge in [0, 0.05) is 32.1 Å². The maximum Gasteiger partial charge on any atom is 0.409 e. The maximum absolute atomic E-state index is 11.8. The van der Waals surface area contributed by atoms with Gasteiger partial charge in [-0.05, 0) is 12.8 Å². The van der Waals surface area contributed by atoms with E-state index in [1.165, 1.54) is 7.11 Å². The van der Waals surface area contributed by atoms with Crippen LogP contribution in [0, 0.1) is 5.92 Å². The Morgan fingerprint density at radius 3 is 2.42 bits per heavy atom. The molecule has 19 heavy (non-hydrogen) atoms. The lowest BCUT2D eigenvalue weighted by Gasteiger charge is -2.36. The predicted octanol–water partition coefficient (Wildman–Crippen LogP) is 0.150. The molecule has 2 fully saturated rings. The van der Waals surface area contributed by atoms with Gasteiger partial charge in [-0.1, -0.05) is 0 Å². The van der Waals surface area contributed by atoms with E-state index in [2.05, 4.69) is 4.74 Å². The van der Waals surface area contributed by atoms with Crippen molar-refractivity contribution in [1.82, 2.24) is 9.80 Å². The van der Waals surface area contributed by atoms with Crippen molar-refractivity contribution in [2.75, 3.05) is 26.7 Å². The number of hydrogen-bond donors (Lipinski definition) is 1. The van der Waals surface area contributed by atoms with Crippen LogP contribution in [0.1, 0.15) is 19.3 Å². The molecule has 1 unspecified atom stereocenters. The van der Waals surface area contributed by atoms with Gasteiger partial charge in [0.15, 0.2) is 0 Å². The van der Waals surface area contributed by atoms with Gasteiger partial charge in [-0.15, -0.1) is 0 Å². The number of ether oxygens (including phenoxy) is 1. The fourth-order valence-electron chi connectivity index (χ4n) is 2.74. The molecule has 7 heteroatoms. The SMILES string of the molecule is COC(=O)N1CCC(N2CC(C(=O)O)CC2=O)CC1. The van der Waals surface area contributed by atoms with Crippen LogP contribution in [0.4, 0.5) is 4.79 Å². The summed E-state index contributed by atoms with van der Waals surface area (Å²) in [7, 11) is 1.34. The number of amides is 2. The fourth-order valence-corrected chi connectivity index (χ4v) is 2.74. The number of likely N-dealkylation sites (tertiary alicyclic amines) is 2. The Morgan fingerprint density at radius 1 is 1.32 bits per heavy atom. The van der Waals surface area contributed by atoms with Crippen molar-refractivity contribution in [1.29, 1.82) is 0 Å². The first-order valence-electron chi connectivity index (χ1n) is 6.38. The van der Waals surface area contributed by atoms with E-state index in [0.29, 0.717) is 25.9 Å². The van der Waals surface area contributed by atoms with Gasteiger partial charge < -0.3 is 19.6 Å². The second-order valence-electron chi connectivity index (χ2n) is 4.97. The molecule has 0 aromatic carbocycles. The quantitative estimate of drug-likeness (QED) is 0.771. The Balaban J connectivity index is 1.90. The van der Waals surface area contributed by atoms with Gasteiger partial charge in [-0.25, -0.2) is 4.79 Å². The number of aliphatic carboxylic acids is 1. The summed E-state index contributed by atoms with van der Waals surface area (Å²) < 4.78 is 4.65. The number of rotatable bonds is 2. The van der Waals surface area contributed by atoms with E-state index >= 15 is 0 Å². The molecule has 0 aliphatic carbocycles. The molecule has 2 saturated heterocycles. The van der Waals surface area contributed by atoms with E-state index in [1.807, 2.05) is 0 Å². The highest BCUT2D eigenvalue weighted by atomic mass is 16.5. The lowest BCUT2D eigenvalue weighted by atomic mass is 10.0. The van der Waals surface area contributed by atoms with Gasteiger partial charge in [-0.2, -0.15) is 0 Å². The summed E-state index contributed by atoms with van der Waals surface area (Å²) in [5.41, 5.74) is 0. The molecule has 2 aliphatic heterocycles. The van der Waals surface area contributed by atoms with Crippen LogP contribution in [0.5, 0.6) is 0 Å². The summed E-state index contributed by atoms with van der Waals surface area (Å²) >= 11 is 0. The van der Waals surface area contributed by atoms with Crippen molar-refractivity contribution < 1.29 is 24.2 Å². The van der Waals surface area contributed by atoms with E-state index < -0.39 is 11.9 Å². The Bertz CT molecular complexity index is 390. The molecule has 0 aromatic rings. The second-order valence-corrected chi connectivity index (χ2v) is 4.97. The van der Waals surface area contributed by atoms with Gasteiger partial charge in [-0.3, -0.25) is 9.59 Å². The van der Waals surface area contributed by atoms with E-state index in [9.17, 15) is 14.4 Å². The zero-order valence-corrected chi connectivity index (χ0v) is 10.9. The molecule has 2 aliphatic rings. The van der Waals surface area contributed by atoms with Crippen molar-refractivity contribution in [2.24, 2.45) is 5.92 Å². The molecule has 0 spiro atoms. The van der Waals surface area contributed by atoms with Crippen LogP contribution in [0.25, 0.3) is 0 Å². The topological polar surface area (TPSA) is 87.2 Å². The maximum atomic E-state index is 11.8. The third kappa shape index (κ3) is 2.80. The second kappa shape index (κ2) is 5.46. The summed E-state index contributed by atoms with van der Waals surface area (Å²) in [5, 5.41) is 8.95. The third-order valence-electron chi connectivity index (χ3n) is 3.85. The van der Waals surface area contributed by atoms with Crippen molar-refractivity contribution in [3.63, 3.8) is 0 Å². The Kier molecular flexibility index (Phi) is 3.92. The Morgan fingerprint density at radius 2 is 1.95 bits per heavy atom. The molecule has 0 radical (unpaired) electrons. The standard InChI is InChI=1S/C12H18N2O5/c1-19-12(18)13-4-2-9(3-5-13)14-7-8(11(16)17)6-10(14)15/h8-9H,2-7H2,1H3,(H,16,17). The minimum atomic E-state index is -0.914. The molecular formula is C12H18N2O5. The Labute approximate surface area is 111 Å². The minimum Gasteiger partial charge on any atom is -0.481 e. The average molecular weight is 270 g/mol. The first kappa shape index (κ1) is 13.6. The first-order chi connectivity index (χ1) is 9.02. The number of nitrogens with zero attached hydrogens (tertiary/aromatic N) is 2. The summed E-state index contributed by atoms with van der Waals surface area (Å²) in [4.78, 5) is 37.3. The van der Waals surface area contributed by atoms with Gasteiger partial charge in [0.25, 0.3) is 0 Å². The smallest absolute Gasteiger partial charge is 0.409 e. The highest BCUT2D eigenvalue weighted by Gasteiger charge is 2.39. The number of carboxylic acid groups (broad SMARTS) is 1. The zero-order valence-electron chi connectivity index (χ0n) is 10.9. The first-order valence-corrected chi connectivity index (χ1v) is 6.38. The number of carboxylic acids is 1. The van der Waals surface area contributed by atoms with Crippen LogP contribution in [0.3, 0.4) is 0 Å². The highest BCUT2D eigenvalue weighted by Crippen LogP contribution is 2.25. The Hall–Kier alpha value is -1.79. The zero-order chi connectivity index (χ0) is 14.0. The van der Waals surface area contributed by atoms with Crippen LogP contribution in [0.2, 0.25) is 0 Å². The van der Waals surface area contributed by atoms with Crippen molar-refractivity contribution in [3.05, 3.63) is 0 Å². The van der Waals surface area contributed by atoms with E-state index in [4.69, 9.17) is 5.11 Å². The van der Waals surface area contributed by atoms with Crippen LogP contribution in [-0.2, 0) is 14.3 Å². The van der Waals surface area contributed by atoms with Gasteiger partial charge in [0.1, 0.15) is 0 Å². The average Bonchev–Trinajstić information content (AvgIpc) is 2.80. The number of carbonyl (C=O) groups is 3. The lowest BCUT2D eigenvalue weighted by molar-refractivity contribution is -0.141. The van der Waals surface area contributed by atoms with Crippen molar-refractivity contribution >= 4 is 18.0 Å². The monoisotopic (exact) mass is 270 g/mol. The van der Waals surface area contributed by atoms with E-state index in [1.54, 1.807) is 9.80 Å². The largest absolute Gasteiger partial charge is 0.481 e. The number of carbonyl (C=O) groups excluding carboxylic acids is 2. The van der Waals surface area contributed by atoms with Crippen LogP contribution >= 0.6 is 0 Å². The van der Waals surface area contributed by atoms with Gasteiger partial charge >= 0.3 is 12.1 Å². The van der Waals surface area contributed by atoms with Crippen molar-refractivity contribution in [3.8, 4) is 0 Å². The third-order valence-corrected chi connectivity index (χ3v) is 3.85. The molecule has 2 rings (SSSR count). The summed E-state index contributed by atoms with van der Waals surface area (Å²) in [6, 6.07) is 0.0396. The molecule has 1 atom stereocenters. The molecule has 1 N–H and O–H groups in total. The van der Waals surface area contributed by atoms with Crippen LogP contribution < -0.4 is 0 Å². The molecule has 0 aromatic heterocycles. The van der Waals surface area contributed by atoms with E-state index in [0.717, 1.165) is 0 Å². The number of methoxy groups -OCH3 is 1. The van der Waals surface area contributed by atoms with Gasteiger partial charge in [0.05, 0.1) is 13.0 Å². The van der Waals surface area contributed by atoms with Crippen LogP contribution in [-0.4, -0.2) is 65.7 Å². The van der Waals surface area contributed by atoms with Crippen LogP contribution in [0.15, 0.2) is 0 Å². The number of hydrogen-bond acceptors (Lipinski definition) is 4. The molecule has 2 heterocycles. The fraction of sp³-hybridized carbons (Fsp3) is 0.750. The summed E-state index contributed by atoms with van der Waals surface area (Å²) in [6.45, 7) is 1.37. The molecule has 106 valence electrons. The molecule has 7 nitrogen and oxygen atoms in total. The van der Waals surface area contributed by atoms with E-state index in [-0.39, 0.29) is 31.0 Å². The highest BCUT2D eigenvalue weighted by molar-refractivity contribution is 5.86. The number of piperidine rings is 1. The normalized spacial score (nSPS) is 24.7. The molecule has 0 saturated carbocycles.